The Balaban J connectivity index is 1.14. The van der Waals surface area contributed by atoms with Crippen molar-refractivity contribution in [1.82, 2.24) is 24.5 Å². The number of carbonyl (C=O) groups excluding carboxylic acids is 2. The minimum Gasteiger partial charge on any atom is -0.494 e. The lowest BCUT2D eigenvalue weighted by Gasteiger charge is -2.36. The number of rotatable bonds is 10. The minimum absolute atomic E-state index is 0.0604. The number of carbonyl (C=O) groups is 2. The van der Waals surface area contributed by atoms with Crippen molar-refractivity contribution in [3.63, 3.8) is 0 Å². The molecule has 2 amide bonds. The van der Waals surface area contributed by atoms with E-state index in [0.717, 1.165) is 5.69 Å². The molecule has 2 aliphatic heterocycles. The maximum Gasteiger partial charge on any atom is 0.421 e. The van der Waals surface area contributed by atoms with Gasteiger partial charge in [-0.2, -0.15) is 22.5 Å². The molecule has 0 aliphatic carbocycles. The summed E-state index contributed by atoms with van der Waals surface area (Å²) in [6.07, 6.45) is -4.13. The zero-order valence-electron chi connectivity index (χ0n) is 28.8. The minimum atomic E-state index is -4.79. The third-order valence-corrected chi connectivity index (χ3v) is 10.7. The summed E-state index contributed by atoms with van der Waals surface area (Å²) in [5.41, 5.74) is 0.566. The molecule has 280 valence electrons. The molecule has 4 aromatic rings. The number of morpholine rings is 1. The Morgan fingerprint density at radius 1 is 0.887 bits per heavy atom. The number of ether oxygens (including phenoxy) is 2. The van der Waals surface area contributed by atoms with Crippen LogP contribution < -0.4 is 25.6 Å². The summed E-state index contributed by atoms with van der Waals surface area (Å²) in [5.74, 6) is -1.11. The summed E-state index contributed by atoms with van der Waals surface area (Å²) >= 11 is 0. The third-order valence-electron chi connectivity index (χ3n) is 8.80. The Kier molecular flexibility index (Phi) is 11.0. The normalized spacial score (nSPS) is 15.5. The fourth-order valence-corrected chi connectivity index (χ4v) is 7.43. The first kappa shape index (κ1) is 37.3. The van der Waals surface area contributed by atoms with Crippen molar-refractivity contribution < 1.29 is 40.7 Å². The van der Waals surface area contributed by atoms with Crippen LogP contribution >= 0.6 is 0 Å². The van der Waals surface area contributed by atoms with Gasteiger partial charge >= 0.3 is 6.18 Å². The number of anilines is 5. The van der Waals surface area contributed by atoms with Crippen LogP contribution in [-0.4, -0.2) is 106 Å². The number of para-hydroxylation sites is 1. The van der Waals surface area contributed by atoms with E-state index >= 15 is 0 Å². The van der Waals surface area contributed by atoms with E-state index in [1.54, 1.807) is 47.4 Å². The second-order valence-corrected chi connectivity index (χ2v) is 14.0. The zero-order valence-corrected chi connectivity index (χ0v) is 29.6. The summed E-state index contributed by atoms with van der Waals surface area (Å²) in [5, 5.41) is 8.03. The molecule has 0 atom stereocenters. The number of nitrogens with zero attached hydrogens (tertiary/aromatic N) is 5. The molecule has 53 heavy (non-hydrogen) atoms. The summed E-state index contributed by atoms with van der Waals surface area (Å²) in [4.78, 5) is 37.6. The van der Waals surface area contributed by atoms with Gasteiger partial charge in [-0.05, 0) is 42.5 Å². The zero-order chi connectivity index (χ0) is 37.8. The molecule has 18 heteroatoms. The van der Waals surface area contributed by atoms with Crippen LogP contribution in [0, 0.1) is 0 Å². The molecule has 0 bridgehead atoms. The van der Waals surface area contributed by atoms with Crippen LogP contribution in [-0.2, 0) is 20.9 Å². The molecule has 3 heterocycles. The topological polar surface area (TPSA) is 158 Å². The van der Waals surface area contributed by atoms with Crippen molar-refractivity contribution in [3.05, 3.63) is 89.6 Å². The Bertz CT molecular complexity index is 2090. The average molecular weight is 755 g/mol. The Hall–Kier alpha value is -5.46. The van der Waals surface area contributed by atoms with E-state index < -0.39 is 33.5 Å². The van der Waals surface area contributed by atoms with Crippen LogP contribution in [0.3, 0.4) is 0 Å². The number of nitrogens with one attached hydrogen (secondary N) is 3. The molecular weight excluding hydrogens is 717 g/mol. The Morgan fingerprint density at radius 2 is 1.62 bits per heavy atom. The van der Waals surface area contributed by atoms with Crippen LogP contribution in [0.15, 0.2) is 77.8 Å². The van der Waals surface area contributed by atoms with Gasteiger partial charge in [0.15, 0.2) is 0 Å². The quantitative estimate of drug-likeness (QED) is 0.212. The number of amides is 2. The number of benzene rings is 3. The van der Waals surface area contributed by atoms with E-state index in [-0.39, 0.29) is 46.7 Å². The number of aromatic nitrogens is 2. The third kappa shape index (κ3) is 8.29. The van der Waals surface area contributed by atoms with Crippen molar-refractivity contribution >= 4 is 50.7 Å². The fourth-order valence-electron chi connectivity index (χ4n) is 5.97. The second kappa shape index (κ2) is 15.6. The average Bonchev–Trinajstić information content (AvgIpc) is 3.17. The lowest BCUT2D eigenvalue weighted by atomic mass is 10.1. The lowest BCUT2D eigenvalue weighted by molar-refractivity contribution is -0.137. The van der Waals surface area contributed by atoms with Gasteiger partial charge < -0.3 is 35.2 Å². The van der Waals surface area contributed by atoms with Crippen LogP contribution in [0.4, 0.5) is 42.0 Å². The van der Waals surface area contributed by atoms with E-state index in [1.165, 1.54) is 42.7 Å². The maximum atomic E-state index is 14.0. The molecule has 0 unspecified atom stereocenters. The van der Waals surface area contributed by atoms with E-state index in [0.29, 0.717) is 57.0 Å². The summed E-state index contributed by atoms with van der Waals surface area (Å²) in [6.45, 7) is 2.84. The van der Waals surface area contributed by atoms with Gasteiger partial charge in [0.1, 0.15) is 17.1 Å². The lowest BCUT2D eigenvalue weighted by Crippen LogP contribution is -2.48. The highest BCUT2D eigenvalue weighted by atomic mass is 32.2. The molecule has 2 saturated heterocycles. The number of sulfonamides is 1. The van der Waals surface area contributed by atoms with Gasteiger partial charge in [0.25, 0.3) is 11.8 Å². The van der Waals surface area contributed by atoms with Crippen LogP contribution in [0.5, 0.6) is 5.75 Å². The van der Waals surface area contributed by atoms with Gasteiger partial charge in [-0.15, -0.1) is 0 Å². The fraction of sp³-hybridized carbons (Fsp3) is 0.314. The predicted molar refractivity (Wildman–Crippen MR) is 191 cm³/mol. The van der Waals surface area contributed by atoms with Crippen molar-refractivity contribution in [2.24, 2.45) is 0 Å². The molecule has 0 spiro atoms. The van der Waals surface area contributed by atoms with Gasteiger partial charge in [-0.3, -0.25) is 9.59 Å². The molecule has 14 nitrogen and oxygen atoms in total. The first-order valence-electron chi connectivity index (χ1n) is 16.6. The van der Waals surface area contributed by atoms with Gasteiger partial charge in [-0.25, -0.2) is 13.4 Å². The monoisotopic (exact) mass is 754 g/mol. The van der Waals surface area contributed by atoms with E-state index in [2.05, 4.69) is 30.8 Å². The molecule has 3 N–H and O–H groups in total. The molecule has 1 aromatic heterocycles. The van der Waals surface area contributed by atoms with Crippen molar-refractivity contribution in [1.29, 1.82) is 0 Å². The molecule has 2 aliphatic rings. The van der Waals surface area contributed by atoms with Crippen molar-refractivity contribution in [3.8, 4) is 5.75 Å². The highest BCUT2D eigenvalue weighted by Crippen LogP contribution is 2.37. The predicted octanol–water partition coefficient (Wildman–Crippen LogP) is 4.33. The summed E-state index contributed by atoms with van der Waals surface area (Å²) in [6, 6.07) is 17.4. The molecule has 2 fully saturated rings. The number of alkyl halides is 3. The van der Waals surface area contributed by atoms with Crippen LogP contribution in [0.25, 0.3) is 0 Å². The molecule has 6 rings (SSSR count). The number of hydrogen-bond donors (Lipinski definition) is 3. The maximum absolute atomic E-state index is 14.0. The van der Waals surface area contributed by atoms with Crippen LogP contribution in [0.1, 0.15) is 26.3 Å². The Morgan fingerprint density at radius 3 is 2.32 bits per heavy atom. The Labute approximate surface area is 304 Å². The highest BCUT2D eigenvalue weighted by molar-refractivity contribution is 7.89. The standard InChI is InChI=1S/C35H37F3N8O6S/c1-39-32(47)26-8-3-4-9-28(26)41-31-27(35(36,37)38)22-40-34(43-31)42-29-11-10-24(21-30(29)51-2)44-12-14-45(15-13-44)33(48)23-6-5-7-25(20-23)53(49,50)46-16-18-52-19-17-46/h3-11,20-22H,12-19H2,1-2H3,(H,39,47)(H2,40,41,42,43). The first-order valence-corrected chi connectivity index (χ1v) is 18.0. The molecular formula is C35H37F3N8O6S. The summed E-state index contributed by atoms with van der Waals surface area (Å²) < 4.78 is 80.4. The first-order chi connectivity index (χ1) is 25.4. The number of methoxy groups -OCH3 is 1. The van der Waals surface area contributed by atoms with Gasteiger partial charge in [-0.1, -0.05) is 18.2 Å². The number of hydrogen-bond acceptors (Lipinski definition) is 11. The van der Waals surface area contributed by atoms with E-state index in [1.807, 2.05) is 0 Å². The molecule has 0 saturated carbocycles. The summed E-state index contributed by atoms with van der Waals surface area (Å²) in [7, 11) is -0.900. The highest BCUT2D eigenvalue weighted by Gasteiger charge is 2.36. The number of piperazine rings is 1. The smallest absolute Gasteiger partial charge is 0.421 e. The number of halogens is 3. The van der Waals surface area contributed by atoms with Gasteiger partial charge in [0, 0.05) is 69.8 Å². The van der Waals surface area contributed by atoms with Crippen molar-refractivity contribution in [2.45, 2.75) is 11.1 Å². The molecule has 0 radical (unpaired) electrons. The van der Waals surface area contributed by atoms with E-state index in [4.69, 9.17) is 9.47 Å². The SMILES string of the molecule is CNC(=O)c1ccccc1Nc1nc(Nc2ccc(N3CCN(C(=O)c4cccc(S(=O)(=O)N5CCOCC5)c4)CC3)cc2OC)ncc1C(F)(F)F. The van der Waals surface area contributed by atoms with E-state index in [9.17, 15) is 31.2 Å². The van der Waals surface area contributed by atoms with Crippen molar-refractivity contribution in [2.75, 3.05) is 82.2 Å². The largest absolute Gasteiger partial charge is 0.494 e. The van der Waals surface area contributed by atoms with Gasteiger partial charge in [0.05, 0.1) is 42.2 Å². The van der Waals surface area contributed by atoms with Gasteiger partial charge in [0.2, 0.25) is 16.0 Å². The molecule has 3 aromatic carbocycles. The van der Waals surface area contributed by atoms with Crippen LogP contribution in [0.2, 0.25) is 0 Å². The second-order valence-electron chi connectivity index (χ2n) is 12.0.